The van der Waals surface area contributed by atoms with Crippen molar-refractivity contribution in [2.45, 2.75) is 12.8 Å². The second-order valence-electron chi connectivity index (χ2n) is 3.66. The van der Waals surface area contributed by atoms with Gasteiger partial charge in [-0.3, -0.25) is 9.59 Å². The van der Waals surface area contributed by atoms with Crippen molar-refractivity contribution in [1.82, 2.24) is 5.32 Å². The average molecular weight is 235 g/mol. The van der Waals surface area contributed by atoms with Gasteiger partial charge in [-0.05, 0) is 31.5 Å². The number of rotatable bonds is 6. The molecule has 0 aliphatic carbocycles. The van der Waals surface area contributed by atoms with Crippen molar-refractivity contribution < 1.29 is 9.59 Å². The number of carbonyl (C=O) groups is 2. The lowest BCUT2D eigenvalue weighted by Crippen LogP contribution is -2.27. The zero-order chi connectivity index (χ0) is 12.7. The second kappa shape index (κ2) is 6.65. The summed E-state index contributed by atoms with van der Waals surface area (Å²) in [4.78, 5) is 22.9. The fourth-order valence-electron chi connectivity index (χ4n) is 1.46. The van der Waals surface area contributed by atoms with E-state index in [0.29, 0.717) is 18.7 Å². The molecule has 0 heterocycles. The maximum absolute atomic E-state index is 11.8. The maximum atomic E-state index is 11.8. The SMILES string of the molecule is NCCCCNC(=O)c1ccccc1C(N)=O. The normalized spacial score (nSPS) is 9.94. The van der Waals surface area contributed by atoms with Gasteiger partial charge in [0.25, 0.3) is 5.91 Å². The van der Waals surface area contributed by atoms with E-state index >= 15 is 0 Å². The largest absolute Gasteiger partial charge is 0.366 e. The van der Waals surface area contributed by atoms with Gasteiger partial charge in [0.05, 0.1) is 11.1 Å². The van der Waals surface area contributed by atoms with Crippen LogP contribution in [0.1, 0.15) is 33.6 Å². The van der Waals surface area contributed by atoms with Gasteiger partial charge in [-0.25, -0.2) is 0 Å². The maximum Gasteiger partial charge on any atom is 0.252 e. The molecule has 0 saturated carbocycles. The number of primary amides is 1. The van der Waals surface area contributed by atoms with E-state index in [4.69, 9.17) is 11.5 Å². The molecule has 1 aromatic rings. The third-order valence-electron chi connectivity index (χ3n) is 2.35. The molecular weight excluding hydrogens is 218 g/mol. The van der Waals surface area contributed by atoms with Gasteiger partial charge in [-0.2, -0.15) is 0 Å². The number of amides is 2. The van der Waals surface area contributed by atoms with Crippen LogP contribution in [0.5, 0.6) is 0 Å². The van der Waals surface area contributed by atoms with Gasteiger partial charge in [-0.1, -0.05) is 12.1 Å². The minimum absolute atomic E-state index is 0.240. The van der Waals surface area contributed by atoms with E-state index in [1.807, 2.05) is 0 Å². The lowest BCUT2D eigenvalue weighted by molar-refractivity contribution is 0.0935. The number of unbranched alkanes of at least 4 members (excludes halogenated alkanes) is 1. The standard InChI is InChI=1S/C12H17N3O2/c13-7-3-4-8-15-12(17)10-6-2-1-5-9(10)11(14)16/h1-2,5-6H,3-4,7-8,13H2,(H2,14,16)(H,15,17). The number of hydrogen-bond donors (Lipinski definition) is 3. The van der Waals surface area contributed by atoms with Gasteiger partial charge in [0.2, 0.25) is 5.91 Å². The molecule has 0 atom stereocenters. The van der Waals surface area contributed by atoms with Gasteiger partial charge in [-0.15, -0.1) is 0 Å². The van der Waals surface area contributed by atoms with Crippen LogP contribution in [0.2, 0.25) is 0 Å². The summed E-state index contributed by atoms with van der Waals surface area (Å²) in [5, 5.41) is 2.73. The van der Waals surface area contributed by atoms with E-state index in [1.165, 1.54) is 6.07 Å². The molecule has 5 N–H and O–H groups in total. The lowest BCUT2D eigenvalue weighted by Gasteiger charge is -2.07. The van der Waals surface area contributed by atoms with E-state index in [0.717, 1.165) is 12.8 Å². The third kappa shape index (κ3) is 3.88. The number of benzene rings is 1. The summed E-state index contributed by atoms with van der Waals surface area (Å²) in [6.07, 6.45) is 1.68. The van der Waals surface area contributed by atoms with Crippen molar-refractivity contribution in [1.29, 1.82) is 0 Å². The highest BCUT2D eigenvalue weighted by atomic mass is 16.2. The van der Waals surface area contributed by atoms with Gasteiger partial charge in [0, 0.05) is 6.54 Å². The van der Waals surface area contributed by atoms with Gasteiger partial charge < -0.3 is 16.8 Å². The number of carbonyl (C=O) groups excluding carboxylic acids is 2. The summed E-state index contributed by atoms with van der Waals surface area (Å²) in [6.45, 7) is 1.15. The molecule has 1 rings (SSSR count). The molecule has 0 spiro atoms. The van der Waals surface area contributed by atoms with Crippen molar-refractivity contribution in [3.63, 3.8) is 0 Å². The Bertz CT molecular complexity index is 404. The van der Waals surface area contributed by atoms with E-state index in [1.54, 1.807) is 18.2 Å². The number of nitrogens with two attached hydrogens (primary N) is 2. The molecule has 2 amide bonds. The highest BCUT2D eigenvalue weighted by Gasteiger charge is 2.13. The van der Waals surface area contributed by atoms with Crippen LogP contribution in [-0.4, -0.2) is 24.9 Å². The Balaban J connectivity index is 2.65. The minimum Gasteiger partial charge on any atom is -0.366 e. The lowest BCUT2D eigenvalue weighted by atomic mass is 10.1. The van der Waals surface area contributed by atoms with Crippen LogP contribution in [0, 0.1) is 0 Å². The van der Waals surface area contributed by atoms with Crippen molar-refractivity contribution >= 4 is 11.8 Å². The molecule has 5 nitrogen and oxygen atoms in total. The minimum atomic E-state index is -0.599. The van der Waals surface area contributed by atoms with E-state index in [9.17, 15) is 9.59 Å². The molecular formula is C12H17N3O2. The van der Waals surface area contributed by atoms with E-state index in [2.05, 4.69) is 5.32 Å². The smallest absolute Gasteiger partial charge is 0.252 e. The Kier molecular flexibility index (Phi) is 5.16. The molecule has 0 aliphatic rings. The summed E-state index contributed by atoms with van der Waals surface area (Å²) in [5.74, 6) is -0.880. The molecule has 0 bridgehead atoms. The number of hydrogen-bond acceptors (Lipinski definition) is 3. The van der Waals surface area contributed by atoms with Crippen LogP contribution in [0.3, 0.4) is 0 Å². The van der Waals surface area contributed by atoms with Crippen LogP contribution in [-0.2, 0) is 0 Å². The third-order valence-corrected chi connectivity index (χ3v) is 2.35. The van der Waals surface area contributed by atoms with Gasteiger partial charge >= 0.3 is 0 Å². The molecule has 0 saturated heterocycles. The average Bonchev–Trinajstić information content (AvgIpc) is 2.34. The van der Waals surface area contributed by atoms with Crippen molar-refractivity contribution in [3.05, 3.63) is 35.4 Å². The Morgan fingerprint density at radius 3 is 2.35 bits per heavy atom. The summed E-state index contributed by atoms with van der Waals surface area (Å²) in [5.41, 5.74) is 11.1. The molecule has 0 aliphatic heterocycles. The van der Waals surface area contributed by atoms with Crippen LogP contribution in [0.4, 0.5) is 0 Å². The molecule has 17 heavy (non-hydrogen) atoms. The molecule has 92 valence electrons. The molecule has 1 aromatic carbocycles. The topological polar surface area (TPSA) is 98.2 Å². The van der Waals surface area contributed by atoms with Gasteiger partial charge in [0.15, 0.2) is 0 Å². The predicted molar refractivity (Wildman–Crippen MR) is 65.6 cm³/mol. The zero-order valence-corrected chi connectivity index (χ0v) is 9.61. The summed E-state index contributed by atoms with van der Waals surface area (Å²) in [6, 6.07) is 6.49. The number of nitrogens with one attached hydrogen (secondary N) is 1. The van der Waals surface area contributed by atoms with Crippen molar-refractivity contribution in [3.8, 4) is 0 Å². The van der Waals surface area contributed by atoms with E-state index in [-0.39, 0.29) is 11.5 Å². The van der Waals surface area contributed by atoms with Crippen LogP contribution in [0.25, 0.3) is 0 Å². The first-order valence-electron chi connectivity index (χ1n) is 5.54. The Labute approximate surface area is 100 Å². The summed E-state index contributed by atoms with van der Waals surface area (Å²) < 4.78 is 0. The van der Waals surface area contributed by atoms with Crippen LogP contribution < -0.4 is 16.8 Å². The first kappa shape index (κ1) is 13.2. The first-order valence-corrected chi connectivity index (χ1v) is 5.54. The molecule has 0 unspecified atom stereocenters. The molecule has 0 aromatic heterocycles. The second-order valence-corrected chi connectivity index (χ2v) is 3.66. The fraction of sp³-hybridized carbons (Fsp3) is 0.333. The Morgan fingerprint density at radius 2 is 1.76 bits per heavy atom. The summed E-state index contributed by atoms with van der Waals surface area (Å²) in [7, 11) is 0. The monoisotopic (exact) mass is 235 g/mol. The highest BCUT2D eigenvalue weighted by molar-refractivity contribution is 6.06. The quantitative estimate of drug-likeness (QED) is 0.616. The zero-order valence-electron chi connectivity index (χ0n) is 9.61. The molecule has 0 fully saturated rings. The molecule has 0 radical (unpaired) electrons. The van der Waals surface area contributed by atoms with Crippen molar-refractivity contribution in [2.24, 2.45) is 11.5 Å². The fourth-order valence-corrected chi connectivity index (χ4v) is 1.46. The van der Waals surface area contributed by atoms with Crippen LogP contribution in [0.15, 0.2) is 24.3 Å². The van der Waals surface area contributed by atoms with Crippen molar-refractivity contribution in [2.75, 3.05) is 13.1 Å². The molecule has 5 heteroatoms. The predicted octanol–water partition coefficient (Wildman–Crippen LogP) is 0.254. The van der Waals surface area contributed by atoms with Gasteiger partial charge in [0.1, 0.15) is 0 Å². The highest BCUT2D eigenvalue weighted by Crippen LogP contribution is 2.07. The Morgan fingerprint density at radius 1 is 1.12 bits per heavy atom. The van der Waals surface area contributed by atoms with Crippen LogP contribution >= 0.6 is 0 Å². The first-order chi connectivity index (χ1) is 8.16. The van der Waals surface area contributed by atoms with E-state index < -0.39 is 5.91 Å². The Hall–Kier alpha value is -1.88. The summed E-state index contributed by atoms with van der Waals surface area (Å²) >= 11 is 0.